The molecule has 0 bridgehead atoms. The van der Waals surface area contributed by atoms with Crippen molar-refractivity contribution in [2.75, 3.05) is 27.3 Å². The molecule has 16 heavy (non-hydrogen) atoms. The number of rotatable bonds is 6. The van der Waals surface area contributed by atoms with Gasteiger partial charge in [-0.15, -0.1) is 0 Å². The molecule has 2 fully saturated rings. The third-order valence-electron chi connectivity index (χ3n) is 4.66. The van der Waals surface area contributed by atoms with Crippen molar-refractivity contribution in [3.8, 4) is 0 Å². The van der Waals surface area contributed by atoms with E-state index < -0.39 is 0 Å². The quantitative estimate of drug-likeness (QED) is 0.748. The summed E-state index contributed by atoms with van der Waals surface area (Å²) in [5.41, 5.74) is 6.20. The van der Waals surface area contributed by atoms with Crippen molar-refractivity contribution in [1.82, 2.24) is 4.90 Å². The minimum absolute atomic E-state index is 0.115. The maximum atomic E-state index is 6.08. The molecule has 1 atom stereocenters. The van der Waals surface area contributed by atoms with Crippen molar-refractivity contribution in [2.24, 2.45) is 11.7 Å². The van der Waals surface area contributed by atoms with E-state index in [1.54, 1.807) is 7.11 Å². The van der Waals surface area contributed by atoms with Gasteiger partial charge in [-0.3, -0.25) is 4.90 Å². The molecule has 2 saturated carbocycles. The second kappa shape index (κ2) is 5.03. The van der Waals surface area contributed by atoms with E-state index in [2.05, 4.69) is 11.9 Å². The van der Waals surface area contributed by atoms with Crippen LogP contribution in [-0.2, 0) is 4.74 Å². The molecule has 3 nitrogen and oxygen atoms in total. The Hall–Kier alpha value is -0.120. The second-order valence-electron chi connectivity index (χ2n) is 5.56. The van der Waals surface area contributed by atoms with E-state index in [4.69, 9.17) is 10.5 Å². The summed E-state index contributed by atoms with van der Waals surface area (Å²) in [6, 6.07) is 0.735. The highest BCUT2D eigenvalue weighted by molar-refractivity contribution is 5.04. The first-order valence-corrected chi connectivity index (χ1v) is 6.66. The highest BCUT2D eigenvalue weighted by Crippen LogP contribution is 2.44. The topological polar surface area (TPSA) is 38.5 Å². The molecule has 3 heteroatoms. The minimum atomic E-state index is 0.115. The molecule has 0 radical (unpaired) electrons. The minimum Gasteiger partial charge on any atom is -0.383 e. The average molecular weight is 226 g/mol. The first-order valence-electron chi connectivity index (χ1n) is 6.66. The summed E-state index contributed by atoms with van der Waals surface area (Å²) < 4.78 is 5.46. The zero-order valence-corrected chi connectivity index (χ0v) is 10.7. The van der Waals surface area contributed by atoms with Crippen molar-refractivity contribution in [3.63, 3.8) is 0 Å². The summed E-state index contributed by atoms with van der Waals surface area (Å²) in [7, 11) is 4.06. The fourth-order valence-electron chi connectivity index (χ4n) is 3.40. The Kier molecular flexibility index (Phi) is 3.88. The van der Waals surface area contributed by atoms with Crippen LogP contribution in [0.25, 0.3) is 0 Å². The van der Waals surface area contributed by atoms with Crippen LogP contribution >= 0.6 is 0 Å². The molecule has 2 N–H and O–H groups in total. The molecule has 2 aliphatic carbocycles. The lowest BCUT2D eigenvalue weighted by molar-refractivity contribution is -0.00814. The van der Waals surface area contributed by atoms with Gasteiger partial charge in [-0.05, 0) is 38.6 Å². The van der Waals surface area contributed by atoms with Crippen molar-refractivity contribution in [3.05, 3.63) is 0 Å². The fourth-order valence-corrected chi connectivity index (χ4v) is 3.40. The van der Waals surface area contributed by atoms with Gasteiger partial charge in [-0.1, -0.05) is 12.8 Å². The molecule has 0 spiro atoms. The van der Waals surface area contributed by atoms with Crippen LogP contribution in [0, 0.1) is 5.92 Å². The lowest BCUT2D eigenvalue weighted by atomic mass is 9.90. The Morgan fingerprint density at radius 1 is 1.25 bits per heavy atom. The van der Waals surface area contributed by atoms with Gasteiger partial charge in [0.15, 0.2) is 0 Å². The van der Waals surface area contributed by atoms with Crippen molar-refractivity contribution in [1.29, 1.82) is 0 Å². The van der Waals surface area contributed by atoms with Crippen LogP contribution in [0.5, 0.6) is 0 Å². The van der Waals surface area contributed by atoms with Crippen molar-refractivity contribution >= 4 is 0 Å². The van der Waals surface area contributed by atoms with Crippen LogP contribution in [0.3, 0.4) is 0 Å². The van der Waals surface area contributed by atoms with E-state index in [1.165, 1.54) is 38.5 Å². The predicted octanol–water partition coefficient (Wildman–Crippen LogP) is 1.61. The normalized spacial score (nSPS) is 26.2. The lowest BCUT2D eigenvalue weighted by Crippen LogP contribution is -2.59. The Balaban J connectivity index is 2.09. The standard InChI is InChI=1S/C13H26N2O/c1-15(12-5-3-4-6-12)13(9-14,10-16-2)11-7-8-11/h11-12H,3-10,14H2,1-2H3. The monoisotopic (exact) mass is 226 g/mol. The predicted molar refractivity (Wildman–Crippen MR) is 66.4 cm³/mol. The highest BCUT2D eigenvalue weighted by Gasteiger charge is 2.49. The molecule has 0 aromatic heterocycles. The number of hydrogen-bond donors (Lipinski definition) is 1. The first kappa shape index (κ1) is 12.3. The smallest absolute Gasteiger partial charge is 0.0661 e. The maximum absolute atomic E-state index is 6.08. The van der Waals surface area contributed by atoms with Gasteiger partial charge in [0, 0.05) is 19.7 Å². The van der Waals surface area contributed by atoms with Crippen LogP contribution in [0.2, 0.25) is 0 Å². The Bertz CT molecular complexity index is 224. The summed E-state index contributed by atoms with van der Waals surface area (Å²) in [6.07, 6.45) is 8.11. The van der Waals surface area contributed by atoms with E-state index in [1.807, 2.05) is 0 Å². The fraction of sp³-hybridized carbons (Fsp3) is 1.00. The van der Waals surface area contributed by atoms with Crippen molar-refractivity contribution in [2.45, 2.75) is 50.1 Å². The Labute approximate surface area is 99.3 Å². The Morgan fingerprint density at radius 3 is 2.31 bits per heavy atom. The van der Waals surface area contributed by atoms with E-state index in [-0.39, 0.29) is 5.54 Å². The molecular weight excluding hydrogens is 200 g/mol. The summed E-state index contributed by atoms with van der Waals surface area (Å²) >= 11 is 0. The highest BCUT2D eigenvalue weighted by atomic mass is 16.5. The third kappa shape index (κ3) is 2.13. The zero-order valence-electron chi connectivity index (χ0n) is 10.7. The molecule has 0 amide bonds. The van der Waals surface area contributed by atoms with Crippen LogP contribution in [0.15, 0.2) is 0 Å². The second-order valence-corrected chi connectivity index (χ2v) is 5.56. The molecule has 0 heterocycles. The van der Waals surface area contributed by atoms with Crippen LogP contribution in [-0.4, -0.2) is 43.8 Å². The lowest BCUT2D eigenvalue weighted by Gasteiger charge is -2.44. The summed E-state index contributed by atoms with van der Waals surface area (Å²) in [4.78, 5) is 2.56. The van der Waals surface area contributed by atoms with E-state index in [0.717, 1.165) is 25.1 Å². The van der Waals surface area contributed by atoms with Crippen LogP contribution < -0.4 is 5.73 Å². The van der Waals surface area contributed by atoms with Crippen molar-refractivity contribution < 1.29 is 4.74 Å². The largest absolute Gasteiger partial charge is 0.383 e. The Morgan fingerprint density at radius 2 is 1.88 bits per heavy atom. The van der Waals surface area contributed by atoms with E-state index in [0.29, 0.717) is 0 Å². The third-order valence-corrected chi connectivity index (χ3v) is 4.66. The molecule has 2 aliphatic rings. The van der Waals surface area contributed by atoms with E-state index in [9.17, 15) is 0 Å². The number of nitrogens with zero attached hydrogens (tertiary/aromatic N) is 1. The van der Waals surface area contributed by atoms with Gasteiger partial charge in [0.05, 0.1) is 12.1 Å². The summed E-state index contributed by atoms with van der Waals surface area (Å²) in [5, 5.41) is 0. The molecule has 94 valence electrons. The zero-order chi connectivity index (χ0) is 11.6. The van der Waals surface area contributed by atoms with Gasteiger partial charge in [0.1, 0.15) is 0 Å². The van der Waals surface area contributed by atoms with Gasteiger partial charge in [0.2, 0.25) is 0 Å². The van der Waals surface area contributed by atoms with Crippen LogP contribution in [0.4, 0.5) is 0 Å². The van der Waals surface area contributed by atoms with E-state index >= 15 is 0 Å². The molecule has 0 aliphatic heterocycles. The molecule has 2 rings (SSSR count). The number of ether oxygens (including phenoxy) is 1. The van der Waals surface area contributed by atoms with Gasteiger partial charge in [0.25, 0.3) is 0 Å². The number of likely N-dealkylation sites (N-methyl/N-ethyl adjacent to an activating group) is 1. The van der Waals surface area contributed by atoms with Gasteiger partial charge < -0.3 is 10.5 Å². The molecule has 0 aromatic carbocycles. The van der Waals surface area contributed by atoms with Gasteiger partial charge >= 0.3 is 0 Å². The summed E-state index contributed by atoms with van der Waals surface area (Å²) in [5.74, 6) is 0.767. The molecule has 0 saturated heterocycles. The molecular formula is C13H26N2O. The first-order chi connectivity index (χ1) is 7.74. The number of methoxy groups -OCH3 is 1. The molecule has 1 unspecified atom stereocenters. The van der Waals surface area contributed by atoms with Crippen LogP contribution in [0.1, 0.15) is 38.5 Å². The average Bonchev–Trinajstić information content (AvgIpc) is 3.01. The molecule has 0 aromatic rings. The summed E-state index contributed by atoms with van der Waals surface area (Å²) in [6.45, 7) is 1.53. The van der Waals surface area contributed by atoms with Gasteiger partial charge in [-0.25, -0.2) is 0 Å². The maximum Gasteiger partial charge on any atom is 0.0661 e. The SMILES string of the molecule is COCC(CN)(C1CC1)N(C)C1CCCC1. The number of hydrogen-bond acceptors (Lipinski definition) is 3. The number of nitrogens with two attached hydrogens (primary N) is 1. The van der Waals surface area contributed by atoms with Gasteiger partial charge in [-0.2, -0.15) is 0 Å².